The summed E-state index contributed by atoms with van der Waals surface area (Å²) < 4.78 is 0. The fraction of sp³-hybridized carbons (Fsp3) is 0.125. The van der Waals surface area contributed by atoms with Crippen LogP contribution in [0.4, 0.5) is 0 Å². The minimum Gasteiger partial charge on any atom is -0.196 e. The minimum absolute atomic E-state index is 0. The van der Waals surface area contributed by atoms with Crippen molar-refractivity contribution in [3.8, 4) is 0 Å². The molecule has 0 nitrogen and oxygen atoms in total. The van der Waals surface area contributed by atoms with E-state index in [0.29, 0.717) is 0 Å². The number of hydrogen-bond donors (Lipinski definition) is 0. The van der Waals surface area contributed by atoms with Crippen LogP contribution in [0.25, 0.3) is 0 Å². The maximum absolute atomic E-state index is 2.26. The predicted octanol–water partition coefficient (Wildman–Crippen LogP) is 7.70. The van der Waals surface area contributed by atoms with Crippen LogP contribution in [0.5, 0.6) is 0 Å². The van der Waals surface area contributed by atoms with Gasteiger partial charge in [0.1, 0.15) is 6.15 Å². The second kappa shape index (κ2) is 16.0. The zero-order valence-electron chi connectivity index (χ0n) is 25.4. The van der Waals surface area contributed by atoms with Crippen LogP contribution in [0.2, 0.25) is 0 Å². The Kier molecular flexibility index (Phi) is 12.4. The summed E-state index contributed by atoms with van der Waals surface area (Å²) >= 11 is 0. The molecule has 42 heavy (non-hydrogen) atoms. The monoisotopic (exact) mass is 634 g/mol. The van der Waals surface area contributed by atoms with Crippen LogP contribution in [-0.4, -0.2) is 6.15 Å². The van der Waals surface area contributed by atoms with Gasteiger partial charge in [-0.3, -0.25) is 0 Å². The first kappa shape index (κ1) is 32.7. The molecule has 1 radical (unpaired) electrons. The average molecular weight is 634 g/mol. The van der Waals surface area contributed by atoms with Gasteiger partial charge >= 0.3 is 19.5 Å². The molecule has 213 valence electrons. The summed E-state index contributed by atoms with van der Waals surface area (Å²) in [5.74, 6) is 0. The Labute approximate surface area is 266 Å². The van der Waals surface area contributed by atoms with Gasteiger partial charge in [0.25, 0.3) is 0 Å². The van der Waals surface area contributed by atoms with Gasteiger partial charge in [0.05, 0.1) is 0 Å². The molecule has 0 fully saturated rings. The first-order chi connectivity index (χ1) is 20.0. The molecule has 0 aliphatic carbocycles. The van der Waals surface area contributed by atoms with E-state index in [1.54, 1.807) is 0 Å². The van der Waals surface area contributed by atoms with Gasteiger partial charge < -0.3 is 0 Å². The summed E-state index contributed by atoms with van der Waals surface area (Å²) in [6.07, 6.45) is -1.22. The normalized spacial score (nSPS) is 10.3. The van der Waals surface area contributed by atoms with Crippen molar-refractivity contribution >= 4 is 28.0 Å². The average Bonchev–Trinajstić information content (AvgIpc) is 3.22. The Morgan fingerprint density at radius 3 is 0.714 bits per heavy atom. The van der Waals surface area contributed by atoms with E-state index in [4.69, 9.17) is 0 Å². The standard InChI is InChI=1S/C24H20B.C10H15.C6H6.Ru/c1-5-13-21(14-6-1)25(22-15-7-2-8-16-22,23-17-9-3-10-18-23)24-19-11-4-12-20-24;1-6-7(2)9(4)10(5)8(6)3;1-2-4-6-5-3-1;/h1-20H;1-5H3;1-6H;/q2*-1;;+1. The van der Waals surface area contributed by atoms with Gasteiger partial charge in [-0.2, -0.15) is 49.7 Å². The van der Waals surface area contributed by atoms with Crippen molar-refractivity contribution in [1.82, 2.24) is 0 Å². The van der Waals surface area contributed by atoms with E-state index in [1.807, 2.05) is 36.4 Å². The molecule has 6 aromatic rings. The van der Waals surface area contributed by atoms with E-state index in [0.717, 1.165) is 0 Å². The smallest absolute Gasteiger partial charge is 0.196 e. The summed E-state index contributed by atoms with van der Waals surface area (Å²) in [6, 6.07) is 55.5. The zero-order valence-corrected chi connectivity index (χ0v) is 27.2. The summed E-state index contributed by atoms with van der Waals surface area (Å²) in [7, 11) is 0. The van der Waals surface area contributed by atoms with Gasteiger partial charge in [-0.1, -0.05) is 192 Å². The molecule has 6 aromatic carbocycles. The third-order valence-corrected chi connectivity index (χ3v) is 8.68. The largest absolute Gasteiger partial charge is 1.00 e. The van der Waals surface area contributed by atoms with Crippen molar-refractivity contribution in [1.29, 1.82) is 0 Å². The maximum Gasteiger partial charge on any atom is 1.00 e. The molecule has 0 saturated carbocycles. The minimum atomic E-state index is -1.22. The third-order valence-electron chi connectivity index (χ3n) is 8.68. The van der Waals surface area contributed by atoms with Crippen LogP contribution in [0.15, 0.2) is 158 Å². The van der Waals surface area contributed by atoms with Crippen molar-refractivity contribution in [3.63, 3.8) is 0 Å². The fourth-order valence-electron chi connectivity index (χ4n) is 5.91. The van der Waals surface area contributed by atoms with Crippen molar-refractivity contribution in [2.75, 3.05) is 0 Å². The van der Waals surface area contributed by atoms with Gasteiger partial charge in [0, 0.05) is 0 Å². The summed E-state index contributed by atoms with van der Waals surface area (Å²) in [6.45, 7) is 11.0. The molecule has 0 bridgehead atoms. The Morgan fingerprint density at radius 2 is 0.548 bits per heavy atom. The number of benzene rings is 5. The number of rotatable bonds is 4. The molecule has 0 aliphatic heterocycles. The molecular formula is C40H41BRu-. The molecule has 0 spiro atoms. The number of hydrogen-bond acceptors (Lipinski definition) is 0. The van der Waals surface area contributed by atoms with E-state index < -0.39 is 6.15 Å². The van der Waals surface area contributed by atoms with Crippen LogP contribution < -0.4 is 21.9 Å². The van der Waals surface area contributed by atoms with Crippen molar-refractivity contribution in [3.05, 3.63) is 186 Å². The molecule has 0 unspecified atom stereocenters. The third kappa shape index (κ3) is 7.31. The molecule has 6 rings (SSSR count). The predicted molar refractivity (Wildman–Crippen MR) is 182 cm³/mol. The van der Waals surface area contributed by atoms with Crippen molar-refractivity contribution in [2.45, 2.75) is 34.6 Å². The second-order valence-electron chi connectivity index (χ2n) is 10.8. The Balaban J connectivity index is 0.000000234. The van der Waals surface area contributed by atoms with E-state index in [-0.39, 0.29) is 19.5 Å². The SMILES string of the molecule is Cc1c(C)c(C)[c-](C)c1C.[Ru+].c1ccc([B-](c2ccccc2)(c2ccccc2)c2ccccc2)cc1.c1ccccc1. The van der Waals surface area contributed by atoms with E-state index in [9.17, 15) is 0 Å². The fourth-order valence-corrected chi connectivity index (χ4v) is 5.91. The molecule has 0 heterocycles. The summed E-state index contributed by atoms with van der Waals surface area (Å²) in [5.41, 5.74) is 12.7. The van der Waals surface area contributed by atoms with Crippen LogP contribution >= 0.6 is 0 Å². The van der Waals surface area contributed by atoms with Gasteiger partial charge in [-0.25, -0.2) is 0 Å². The first-order valence-electron chi connectivity index (χ1n) is 14.5. The van der Waals surface area contributed by atoms with Crippen LogP contribution in [0.1, 0.15) is 27.8 Å². The Bertz CT molecular complexity index is 1320. The molecule has 0 saturated heterocycles. The summed E-state index contributed by atoms with van der Waals surface area (Å²) in [4.78, 5) is 0. The quantitative estimate of drug-likeness (QED) is 0.138. The summed E-state index contributed by atoms with van der Waals surface area (Å²) in [5, 5.41) is 0. The molecule has 0 aromatic heterocycles. The van der Waals surface area contributed by atoms with Crippen LogP contribution in [0.3, 0.4) is 0 Å². The van der Waals surface area contributed by atoms with Gasteiger partial charge in [0.15, 0.2) is 0 Å². The van der Waals surface area contributed by atoms with E-state index in [1.165, 1.54) is 49.7 Å². The molecular weight excluding hydrogens is 592 g/mol. The van der Waals surface area contributed by atoms with Crippen molar-refractivity contribution in [2.24, 2.45) is 0 Å². The topological polar surface area (TPSA) is 0 Å². The van der Waals surface area contributed by atoms with Crippen LogP contribution in [0, 0.1) is 34.6 Å². The molecule has 0 amide bonds. The molecule has 0 N–H and O–H groups in total. The Hall–Kier alpha value is -3.86. The second-order valence-corrected chi connectivity index (χ2v) is 10.8. The molecule has 2 heteroatoms. The van der Waals surface area contributed by atoms with Gasteiger partial charge in [-0.15, -0.1) is 0 Å². The van der Waals surface area contributed by atoms with Gasteiger partial charge in [-0.05, 0) is 0 Å². The first-order valence-corrected chi connectivity index (χ1v) is 14.5. The van der Waals surface area contributed by atoms with Crippen LogP contribution in [-0.2, 0) is 19.5 Å². The maximum atomic E-state index is 2.26. The molecule has 0 aliphatic rings. The van der Waals surface area contributed by atoms with E-state index >= 15 is 0 Å². The Morgan fingerprint density at radius 1 is 0.357 bits per heavy atom. The zero-order chi connectivity index (χ0) is 29.1. The van der Waals surface area contributed by atoms with Gasteiger partial charge in [0.2, 0.25) is 0 Å². The van der Waals surface area contributed by atoms with E-state index in [2.05, 4.69) is 156 Å². The molecule has 0 atom stereocenters. The van der Waals surface area contributed by atoms with Crippen molar-refractivity contribution < 1.29 is 19.5 Å².